The number of anilines is 1. The van der Waals surface area contributed by atoms with E-state index in [1.807, 2.05) is 7.74 Å². The van der Waals surface area contributed by atoms with Crippen LogP contribution >= 0.6 is 0 Å². The topological polar surface area (TPSA) is 80.9 Å². The number of carbonyl (C=O) groups is 1. The van der Waals surface area contributed by atoms with E-state index in [0.717, 1.165) is 0 Å². The van der Waals surface area contributed by atoms with Gasteiger partial charge in [-0.15, -0.1) is 0 Å². The summed E-state index contributed by atoms with van der Waals surface area (Å²) < 4.78 is 0. The van der Waals surface area contributed by atoms with Gasteiger partial charge < -0.3 is 11.0 Å². The minimum absolute atomic E-state index is 0.172. The van der Waals surface area contributed by atoms with Gasteiger partial charge in [-0.3, -0.25) is 4.79 Å². The van der Waals surface area contributed by atoms with E-state index >= 15 is 0 Å². The number of amides is 1. The molecular formula is C5H9B3N4O. The average Bonchev–Trinajstić information content (AvgIpc) is 2.04. The molecule has 8 heteroatoms. The Balaban J connectivity index is 2.95. The van der Waals surface area contributed by atoms with Gasteiger partial charge in [0.05, 0.1) is 7.74 Å². The van der Waals surface area contributed by atoms with Gasteiger partial charge in [-0.25, -0.2) is 9.97 Å². The zero-order valence-corrected chi connectivity index (χ0v) is 7.66. The number of hydrogen-bond acceptors (Lipinski definition) is 4. The van der Waals surface area contributed by atoms with E-state index in [9.17, 15) is 4.79 Å². The molecule has 5 nitrogen and oxygen atoms in total. The summed E-state index contributed by atoms with van der Waals surface area (Å²) in [4.78, 5) is 19.1. The Morgan fingerprint density at radius 3 is 2.92 bits per heavy atom. The maximum Gasteiger partial charge on any atom is 0.261 e. The molecule has 3 N–H and O–H groups in total. The largest absolute Gasteiger partial charge is 0.405 e. The Morgan fingerprint density at radius 2 is 2.38 bits per heavy atom. The quantitative estimate of drug-likeness (QED) is 0.446. The lowest BCUT2D eigenvalue weighted by Gasteiger charge is -2.03. The number of nitrogen functional groups attached to an aromatic ring is 1. The Kier molecular flexibility index (Phi) is 2.95. The van der Waals surface area contributed by atoms with Crippen molar-refractivity contribution < 1.29 is 4.79 Å². The SMILES string of the molecule is BBNC(=O)c1ncc(B)nc1N. The van der Waals surface area contributed by atoms with Gasteiger partial charge in [0.25, 0.3) is 5.91 Å². The molecule has 1 aromatic heterocycles. The van der Waals surface area contributed by atoms with Crippen LogP contribution in [-0.4, -0.2) is 38.8 Å². The third-order valence-corrected chi connectivity index (χ3v) is 1.47. The predicted octanol–water partition coefficient (Wildman–Crippen LogP) is -4.05. The first-order chi connectivity index (χ1) is 6.15. The molecule has 0 spiro atoms. The standard InChI is InChI=1S/C5H9B3N4O/c6-2-1-10-3(4(9)11-2)5(13)12-8-7/h1,8H,6-7H2,(H2,9,11)(H,12,13). The molecule has 1 amide bonds. The zero-order chi connectivity index (χ0) is 9.84. The van der Waals surface area contributed by atoms with E-state index in [-0.39, 0.29) is 17.4 Å². The molecule has 1 aromatic rings. The molecule has 0 unspecified atom stereocenters. The van der Waals surface area contributed by atoms with Gasteiger partial charge in [0, 0.05) is 11.8 Å². The van der Waals surface area contributed by atoms with Crippen LogP contribution in [-0.2, 0) is 0 Å². The van der Waals surface area contributed by atoms with Crippen LogP contribution in [0, 0.1) is 0 Å². The summed E-state index contributed by atoms with van der Waals surface area (Å²) in [6.45, 7) is 0. The first-order valence-corrected chi connectivity index (χ1v) is 4.02. The number of aromatic nitrogens is 2. The van der Waals surface area contributed by atoms with Crippen LogP contribution < -0.4 is 16.6 Å². The van der Waals surface area contributed by atoms with E-state index in [4.69, 9.17) is 5.73 Å². The lowest BCUT2D eigenvalue weighted by atomic mass is 9.67. The number of rotatable bonds is 2. The van der Waals surface area contributed by atoms with Crippen LogP contribution in [0.4, 0.5) is 5.82 Å². The van der Waals surface area contributed by atoms with Crippen LogP contribution in [0.2, 0.25) is 0 Å². The molecule has 64 valence electrons. The first-order valence-electron chi connectivity index (χ1n) is 4.02. The van der Waals surface area contributed by atoms with Gasteiger partial charge in [-0.1, -0.05) is 0 Å². The van der Waals surface area contributed by atoms with Crippen molar-refractivity contribution in [3.8, 4) is 0 Å². The molecule has 0 atom stereocenters. The highest BCUT2D eigenvalue weighted by atomic mass is 16.1. The van der Waals surface area contributed by atoms with Crippen molar-refractivity contribution in [2.24, 2.45) is 0 Å². The summed E-state index contributed by atoms with van der Waals surface area (Å²) in [6, 6.07) is 0. The van der Waals surface area contributed by atoms with Gasteiger partial charge >= 0.3 is 0 Å². The lowest BCUT2D eigenvalue weighted by molar-refractivity contribution is 0.0977. The fourth-order valence-corrected chi connectivity index (χ4v) is 0.915. The maximum atomic E-state index is 11.3. The van der Waals surface area contributed by atoms with E-state index in [0.29, 0.717) is 12.9 Å². The van der Waals surface area contributed by atoms with Crippen molar-refractivity contribution in [1.82, 2.24) is 15.2 Å². The maximum absolute atomic E-state index is 11.3. The van der Waals surface area contributed by atoms with Crippen molar-refractivity contribution in [2.75, 3.05) is 5.73 Å². The second-order valence-electron chi connectivity index (χ2n) is 2.60. The molecule has 0 aliphatic carbocycles. The number of carbonyl (C=O) groups excluding carboxylic acids is 1. The van der Waals surface area contributed by atoms with Crippen molar-refractivity contribution >= 4 is 40.2 Å². The number of nitrogens with two attached hydrogens (primary N) is 1. The molecule has 0 radical (unpaired) electrons. The molecule has 1 rings (SSSR count). The molecule has 0 saturated heterocycles. The highest BCUT2D eigenvalue weighted by molar-refractivity contribution is 6.89. The van der Waals surface area contributed by atoms with Gasteiger partial charge in [0.1, 0.15) is 0 Å². The first kappa shape index (κ1) is 9.63. The Morgan fingerprint density at radius 1 is 1.69 bits per heavy atom. The molecule has 13 heavy (non-hydrogen) atoms. The second-order valence-corrected chi connectivity index (χ2v) is 2.60. The van der Waals surface area contributed by atoms with Crippen LogP contribution in [0.5, 0.6) is 0 Å². The third-order valence-electron chi connectivity index (χ3n) is 1.47. The molecule has 0 aromatic carbocycles. The molecule has 1 heterocycles. The van der Waals surface area contributed by atoms with Gasteiger partial charge in [0.15, 0.2) is 26.7 Å². The van der Waals surface area contributed by atoms with Gasteiger partial charge in [-0.05, 0) is 0 Å². The summed E-state index contributed by atoms with van der Waals surface area (Å²) in [5.41, 5.74) is 6.41. The second kappa shape index (κ2) is 3.98. The van der Waals surface area contributed by atoms with Gasteiger partial charge in [-0.2, -0.15) is 0 Å². The monoisotopic (exact) mass is 174 g/mol. The normalized spacial score (nSPS) is 9.23. The Bertz CT molecular complexity index is 332. The van der Waals surface area contributed by atoms with E-state index in [1.54, 1.807) is 7.85 Å². The smallest absolute Gasteiger partial charge is 0.261 e. The third kappa shape index (κ3) is 2.24. The highest BCUT2D eigenvalue weighted by Gasteiger charge is 2.10. The van der Waals surface area contributed by atoms with E-state index in [2.05, 4.69) is 15.2 Å². The van der Waals surface area contributed by atoms with Crippen molar-refractivity contribution in [2.45, 2.75) is 0 Å². The molecule has 0 aliphatic rings. The summed E-state index contributed by atoms with van der Waals surface area (Å²) in [6.07, 6.45) is 1.51. The van der Waals surface area contributed by atoms with E-state index in [1.165, 1.54) is 6.20 Å². The Hall–Kier alpha value is -1.46. The number of hydrogen-bond donors (Lipinski definition) is 2. The van der Waals surface area contributed by atoms with E-state index < -0.39 is 0 Å². The van der Waals surface area contributed by atoms with Crippen molar-refractivity contribution in [3.05, 3.63) is 11.9 Å². The van der Waals surface area contributed by atoms with Crippen LogP contribution in [0.15, 0.2) is 6.20 Å². The fraction of sp³-hybridized carbons (Fsp3) is 0. The molecule has 0 fully saturated rings. The van der Waals surface area contributed by atoms with Crippen LogP contribution in [0.25, 0.3) is 0 Å². The number of nitrogens with zero attached hydrogens (tertiary/aromatic N) is 2. The molecule has 0 bridgehead atoms. The van der Waals surface area contributed by atoms with Gasteiger partial charge in [0.2, 0.25) is 0 Å². The van der Waals surface area contributed by atoms with Crippen LogP contribution in [0.1, 0.15) is 10.5 Å². The minimum Gasteiger partial charge on any atom is -0.405 e. The average molecular weight is 174 g/mol. The summed E-state index contributed by atoms with van der Waals surface area (Å²) >= 11 is 0. The number of nitrogens with one attached hydrogen (secondary N) is 1. The predicted molar refractivity (Wildman–Crippen MR) is 57.8 cm³/mol. The Labute approximate surface area is 78.6 Å². The lowest BCUT2D eigenvalue weighted by Crippen LogP contribution is -2.30. The molecule has 0 aliphatic heterocycles. The summed E-state index contributed by atoms with van der Waals surface area (Å²) in [5, 5.41) is 2.60. The van der Waals surface area contributed by atoms with Crippen LogP contribution in [0.3, 0.4) is 0 Å². The zero-order valence-electron chi connectivity index (χ0n) is 7.66. The fourth-order valence-electron chi connectivity index (χ4n) is 0.915. The van der Waals surface area contributed by atoms with Crippen molar-refractivity contribution in [1.29, 1.82) is 0 Å². The van der Waals surface area contributed by atoms with Crippen molar-refractivity contribution in [3.63, 3.8) is 0 Å². The summed E-state index contributed by atoms with van der Waals surface area (Å²) in [7, 11) is 4.15. The summed E-state index contributed by atoms with van der Waals surface area (Å²) in [5.74, 6) is -0.113. The molecule has 0 saturated carbocycles. The molecular weight excluding hydrogens is 165 g/mol. The minimum atomic E-state index is -0.285. The highest BCUT2D eigenvalue weighted by Crippen LogP contribution is 2.00.